The van der Waals surface area contributed by atoms with Gasteiger partial charge in [-0.25, -0.2) is 9.97 Å². The van der Waals surface area contributed by atoms with Crippen LogP contribution in [0.1, 0.15) is 17.9 Å². The maximum absolute atomic E-state index is 5.87. The Hall–Kier alpha value is -1.13. The van der Waals surface area contributed by atoms with E-state index in [9.17, 15) is 0 Å². The summed E-state index contributed by atoms with van der Waals surface area (Å²) in [7, 11) is 4.18. The lowest BCUT2D eigenvalue weighted by molar-refractivity contribution is 0.386. The van der Waals surface area contributed by atoms with Crippen molar-refractivity contribution < 1.29 is 0 Å². The minimum atomic E-state index is 0.593. The summed E-state index contributed by atoms with van der Waals surface area (Å²) in [5.74, 6) is 1.64. The van der Waals surface area contributed by atoms with E-state index in [0.717, 1.165) is 48.6 Å². The lowest BCUT2D eigenvalue weighted by Crippen LogP contribution is -2.16. The van der Waals surface area contributed by atoms with E-state index >= 15 is 0 Å². The molecular weight excluding hydrogens is 260 g/mol. The van der Waals surface area contributed by atoms with Gasteiger partial charge in [-0.05, 0) is 46.1 Å². The second-order valence-electron chi connectivity index (χ2n) is 5.07. The highest BCUT2D eigenvalue weighted by Gasteiger charge is 2.11. The van der Waals surface area contributed by atoms with Crippen molar-refractivity contribution in [3.8, 4) is 0 Å². The molecule has 19 heavy (non-hydrogen) atoms. The Labute approximate surface area is 119 Å². The minimum Gasteiger partial charge on any atom is -0.313 e. The molecule has 0 atom stereocenters. The maximum Gasteiger partial charge on any atom is 0.160 e. The quantitative estimate of drug-likeness (QED) is 0.763. The third-order valence-electron chi connectivity index (χ3n) is 3.12. The molecule has 0 spiro atoms. The molecule has 0 aromatic carbocycles. The number of fused-ring (bicyclic) bond motifs is 1. The van der Waals surface area contributed by atoms with Crippen LogP contribution in [0.5, 0.6) is 0 Å². The van der Waals surface area contributed by atoms with Crippen molar-refractivity contribution in [3.63, 3.8) is 0 Å². The van der Waals surface area contributed by atoms with Crippen LogP contribution < -0.4 is 0 Å². The van der Waals surface area contributed by atoms with Gasteiger partial charge in [0.05, 0.1) is 0 Å². The van der Waals surface area contributed by atoms with Gasteiger partial charge in [-0.2, -0.15) is 0 Å². The molecular formula is C14H21ClN4. The lowest BCUT2D eigenvalue weighted by Gasteiger charge is -2.11. The van der Waals surface area contributed by atoms with Crippen LogP contribution in [0.4, 0.5) is 0 Å². The molecule has 0 aliphatic rings. The van der Waals surface area contributed by atoms with Crippen molar-refractivity contribution in [1.82, 2.24) is 19.4 Å². The van der Waals surface area contributed by atoms with Gasteiger partial charge in [0.25, 0.3) is 0 Å². The number of alkyl halides is 1. The van der Waals surface area contributed by atoms with E-state index in [1.54, 1.807) is 0 Å². The highest BCUT2D eigenvalue weighted by molar-refractivity contribution is 6.17. The van der Waals surface area contributed by atoms with Gasteiger partial charge < -0.3 is 9.47 Å². The van der Waals surface area contributed by atoms with Crippen LogP contribution in [0.3, 0.4) is 0 Å². The molecule has 2 aromatic rings. The molecule has 0 aliphatic carbocycles. The van der Waals surface area contributed by atoms with Crippen LogP contribution in [0.2, 0.25) is 0 Å². The first-order valence-electron chi connectivity index (χ1n) is 6.65. The van der Waals surface area contributed by atoms with Crippen LogP contribution in [-0.4, -0.2) is 46.0 Å². The minimum absolute atomic E-state index is 0.593. The van der Waals surface area contributed by atoms with Gasteiger partial charge in [-0.15, -0.1) is 11.6 Å². The second kappa shape index (κ2) is 6.35. The van der Waals surface area contributed by atoms with E-state index in [4.69, 9.17) is 11.6 Å². The summed E-state index contributed by atoms with van der Waals surface area (Å²) >= 11 is 5.87. The summed E-state index contributed by atoms with van der Waals surface area (Å²) in [5.41, 5.74) is 2.98. The number of halogens is 1. The number of hydrogen-bond acceptors (Lipinski definition) is 3. The molecule has 0 saturated carbocycles. The Bertz CT molecular complexity index is 548. The zero-order valence-electron chi connectivity index (χ0n) is 11.9. The first-order chi connectivity index (χ1) is 9.11. The molecule has 2 rings (SSSR count). The third kappa shape index (κ3) is 3.45. The van der Waals surface area contributed by atoms with Gasteiger partial charge in [0.1, 0.15) is 11.3 Å². The normalized spacial score (nSPS) is 11.6. The van der Waals surface area contributed by atoms with E-state index in [-0.39, 0.29) is 0 Å². The summed E-state index contributed by atoms with van der Waals surface area (Å²) in [6.45, 7) is 4.01. The molecule has 4 nitrogen and oxygen atoms in total. The van der Waals surface area contributed by atoms with Gasteiger partial charge in [0.15, 0.2) is 5.65 Å². The average Bonchev–Trinajstić information content (AvgIpc) is 2.67. The van der Waals surface area contributed by atoms with Crippen molar-refractivity contribution in [3.05, 3.63) is 23.7 Å². The van der Waals surface area contributed by atoms with Gasteiger partial charge in [0.2, 0.25) is 0 Å². The fourth-order valence-electron chi connectivity index (χ4n) is 2.20. The predicted molar refractivity (Wildman–Crippen MR) is 79.9 cm³/mol. The Kier molecular flexibility index (Phi) is 4.77. The maximum atomic E-state index is 5.87. The number of hydrogen-bond donors (Lipinski definition) is 0. The van der Waals surface area contributed by atoms with Crippen LogP contribution in [0.15, 0.2) is 12.1 Å². The Morgan fingerprint density at radius 2 is 2.05 bits per heavy atom. The molecule has 0 N–H and O–H groups in total. The third-order valence-corrected chi connectivity index (χ3v) is 3.30. The molecule has 2 heterocycles. The summed E-state index contributed by atoms with van der Waals surface area (Å²) in [6, 6.07) is 4.04. The number of aromatic nitrogens is 3. The Balaban J connectivity index is 2.30. The van der Waals surface area contributed by atoms with Crippen molar-refractivity contribution in [2.24, 2.45) is 0 Å². The molecule has 2 aromatic heterocycles. The smallest absolute Gasteiger partial charge is 0.160 e. The summed E-state index contributed by atoms with van der Waals surface area (Å²) in [5, 5.41) is 0. The molecule has 0 amide bonds. The van der Waals surface area contributed by atoms with Crippen molar-refractivity contribution >= 4 is 22.8 Å². The van der Waals surface area contributed by atoms with E-state index in [0.29, 0.717) is 5.88 Å². The van der Waals surface area contributed by atoms with E-state index < -0.39 is 0 Å². The van der Waals surface area contributed by atoms with Crippen molar-refractivity contribution in [2.75, 3.05) is 26.5 Å². The molecule has 0 saturated heterocycles. The summed E-state index contributed by atoms with van der Waals surface area (Å²) < 4.78 is 2.22. The SMILES string of the molecule is Cc1ccc2nc(CCCl)n(CCCN(C)C)c2n1. The predicted octanol–water partition coefficient (Wildman–Crippen LogP) is 2.47. The first kappa shape index (κ1) is 14.3. The lowest BCUT2D eigenvalue weighted by atomic mass is 10.3. The molecule has 0 fully saturated rings. The fourth-order valence-corrected chi connectivity index (χ4v) is 2.37. The molecule has 0 aliphatic heterocycles. The Morgan fingerprint density at radius 3 is 2.74 bits per heavy atom. The highest BCUT2D eigenvalue weighted by Crippen LogP contribution is 2.16. The highest BCUT2D eigenvalue weighted by atomic mass is 35.5. The van der Waals surface area contributed by atoms with E-state index in [1.807, 2.05) is 19.1 Å². The van der Waals surface area contributed by atoms with Crippen molar-refractivity contribution in [2.45, 2.75) is 26.3 Å². The van der Waals surface area contributed by atoms with Crippen LogP contribution in [0.25, 0.3) is 11.2 Å². The summed E-state index contributed by atoms with van der Waals surface area (Å²) in [4.78, 5) is 11.5. The van der Waals surface area contributed by atoms with Gasteiger partial charge in [0, 0.05) is 24.5 Å². The largest absolute Gasteiger partial charge is 0.313 e. The van der Waals surface area contributed by atoms with Crippen LogP contribution in [-0.2, 0) is 13.0 Å². The Morgan fingerprint density at radius 1 is 1.26 bits per heavy atom. The van der Waals surface area contributed by atoms with Crippen LogP contribution in [0, 0.1) is 6.92 Å². The standard InChI is InChI=1S/C14H21ClN4/c1-11-5-6-12-14(16-11)19(10-4-9-18(2)3)13(17-12)7-8-15/h5-6H,4,7-10H2,1-3H3. The van der Waals surface area contributed by atoms with Gasteiger partial charge >= 0.3 is 0 Å². The van der Waals surface area contributed by atoms with Crippen molar-refractivity contribution in [1.29, 1.82) is 0 Å². The number of aryl methyl sites for hydroxylation is 3. The fraction of sp³-hybridized carbons (Fsp3) is 0.571. The summed E-state index contributed by atoms with van der Waals surface area (Å²) in [6.07, 6.45) is 1.88. The first-order valence-corrected chi connectivity index (χ1v) is 7.18. The van der Waals surface area contributed by atoms with E-state index in [2.05, 4.69) is 33.5 Å². The average molecular weight is 281 g/mol. The molecule has 0 unspecified atom stereocenters. The van der Waals surface area contributed by atoms with Gasteiger partial charge in [-0.1, -0.05) is 0 Å². The number of imidazole rings is 1. The van der Waals surface area contributed by atoms with Gasteiger partial charge in [-0.3, -0.25) is 0 Å². The van der Waals surface area contributed by atoms with Crippen LogP contribution >= 0.6 is 11.6 Å². The molecule has 0 bridgehead atoms. The topological polar surface area (TPSA) is 34.0 Å². The zero-order valence-corrected chi connectivity index (χ0v) is 12.6. The molecule has 104 valence electrons. The second-order valence-corrected chi connectivity index (χ2v) is 5.45. The number of pyridine rings is 1. The zero-order chi connectivity index (χ0) is 13.8. The monoisotopic (exact) mass is 280 g/mol. The number of rotatable bonds is 6. The van der Waals surface area contributed by atoms with E-state index in [1.165, 1.54) is 0 Å². The molecule has 0 radical (unpaired) electrons. The molecule has 5 heteroatoms. The number of nitrogens with zero attached hydrogens (tertiary/aromatic N) is 4.